The number of halogens is 1. The van der Waals surface area contributed by atoms with E-state index >= 15 is 0 Å². The van der Waals surface area contributed by atoms with Gasteiger partial charge in [-0.3, -0.25) is 14.4 Å². The van der Waals surface area contributed by atoms with Crippen LogP contribution in [0.25, 0.3) is 0 Å². The van der Waals surface area contributed by atoms with E-state index in [0.717, 1.165) is 53.2 Å². The van der Waals surface area contributed by atoms with Gasteiger partial charge in [0, 0.05) is 45.7 Å². The van der Waals surface area contributed by atoms with Gasteiger partial charge in [-0.25, -0.2) is 0 Å². The molecule has 1 amide bonds. The van der Waals surface area contributed by atoms with E-state index in [0.29, 0.717) is 43.5 Å². The maximum Gasteiger partial charge on any atom is 0.318 e. The number of hydrogen-bond donors (Lipinski definition) is 0. The van der Waals surface area contributed by atoms with Crippen LogP contribution in [0.5, 0.6) is 6.01 Å². The summed E-state index contributed by atoms with van der Waals surface area (Å²) in [6.45, 7) is 6.43. The molecule has 5 aliphatic rings. The number of carbonyl (C=O) groups is 1. The van der Waals surface area contributed by atoms with Crippen molar-refractivity contribution in [2.24, 2.45) is 5.41 Å². The van der Waals surface area contributed by atoms with Gasteiger partial charge in [-0.2, -0.15) is 15.1 Å². The maximum absolute atomic E-state index is 12.7. The van der Waals surface area contributed by atoms with E-state index in [1.165, 1.54) is 45.2 Å². The third-order valence-corrected chi connectivity index (χ3v) is 10.1. The SMILES string of the molecule is CN(C)C(=O)c1nn2c(c1Br)CN(c1nc(OCC34CCCN3CC3(CC3)C4)nc3c1COCC3)CCC2. The molecule has 7 rings (SSSR count). The minimum atomic E-state index is -0.104. The van der Waals surface area contributed by atoms with Gasteiger partial charge in [-0.05, 0) is 66.4 Å². The van der Waals surface area contributed by atoms with Crippen molar-refractivity contribution in [3.8, 4) is 6.01 Å². The van der Waals surface area contributed by atoms with Crippen LogP contribution in [0.2, 0.25) is 0 Å². The molecule has 3 fully saturated rings. The maximum atomic E-state index is 12.7. The first-order valence-electron chi connectivity index (χ1n) is 13.9. The number of hydrogen-bond acceptors (Lipinski definition) is 8. The second-order valence-corrected chi connectivity index (χ2v) is 12.9. The summed E-state index contributed by atoms with van der Waals surface area (Å²) in [7, 11) is 3.50. The highest BCUT2D eigenvalue weighted by atomic mass is 79.9. The molecule has 6 heterocycles. The van der Waals surface area contributed by atoms with Gasteiger partial charge in [0.25, 0.3) is 5.91 Å². The molecule has 11 heteroatoms. The Kier molecular flexibility index (Phi) is 5.97. The quantitative estimate of drug-likeness (QED) is 0.529. The van der Waals surface area contributed by atoms with Crippen molar-refractivity contribution >= 4 is 27.7 Å². The fourth-order valence-corrected chi connectivity index (χ4v) is 7.63. The first-order valence-corrected chi connectivity index (χ1v) is 14.7. The van der Waals surface area contributed by atoms with E-state index in [1.807, 2.05) is 4.68 Å². The summed E-state index contributed by atoms with van der Waals surface area (Å²) in [6.07, 6.45) is 8.11. The lowest BCUT2D eigenvalue weighted by molar-refractivity contribution is 0.0820. The average Bonchev–Trinajstić information content (AvgIpc) is 3.40. The second kappa shape index (κ2) is 9.16. The van der Waals surface area contributed by atoms with Gasteiger partial charge in [0.15, 0.2) is 5.69 Å². The lowest BCUT2D eigenvalue weighted by atomic mass is 9.89. The average molecular weight is 587 g/mol. The van der Waals surface area contributed by atoms with Crippen molar-refractivity contribution in [2.75, 3.05) is 51.8 Å². The van der Waals surface area contributed by atoms with Gasteiger partial charge in [0.2, 0.25) is 0 Å². The van der Waals surface area contributed by atoms with Crippen molar-refractivity contribution in [1.29, 1.82) is 0 Å². The molecule has 2 saturated heterocycles. The number of nitrogens with zero attached hydrogens (tertiary/aromatic N) is 7. The van der Waals surface area contributed by atoms with Crippen LogP contribution in [0.3, 0.4) is 0 Å². The molecule has 0 N–H and O–H groups in total. The molecule has 1 aliphatic carbocycles. The third kappa shape index (κ3) is 4.12. The van der Waals surface area contributed by atoms with Gasteiger partial charge in [0.1, 0.15) is 12.4 Å². The highest BCUT2D eigenvalue weighted by molar-refractivity contribution is 9.10. The Labute approximate surface area is 231 Å². The smallest absolute Gasteiger partial charge is 0.318 e. The van der Waals surface area contributed by atoms with Crippen LogP contribution in [0, 0.1) is 5.41 Å². The monoisotopic (exact) mass is 585 g/mol. The van der Waals surface area contributed by atoms with Gasteiger partial charge in [-0.15, -0.1) is 0 Å². The van der Waals surface area contributed by atoms with Gasteiger partial charge < -0.3 is 19.3 Å². The van der Waals surface area contributed by atoms with Crippen molar-refractivity contribution in [1.82, 2.24) is 29.5 Å². The highest BCUT2D eigenvalue weighted by Crippen LogP contribution is 2.60. The standard InChI is InChI=1S/C27H36BrN7O3/c1-32(2)24(36)22-21(28)20-13-33(9-4-11-35(20)31-22)23-18-14-37-12-5-19(18)29-25(30-23)38-17-27-6-3-10-34(27)16-26(15-27)7-8-26/h3-17H2,1-2H3. The largest absolute Gasteiger partial charge is 0.461 e. The number of aryl methyl sites for hydroxylation is 1. The lowest BCUT2D eigenvalue weighted by Gasteiger charge is -2.32. The Bertz CT molecular complexity index is 1280. The third-order valence-electron chi connectivity index (χ3n) is 9.22. The van der Waals surface area contributed by atoms with E-state index in [2.05, 4.69) is 30.8 Å². The molecule has 1 atom stereocenters. The van der Waals surface area contributed by atoms with Crippen LogP contribution in [0.15, 0.2) is 4.47 Å². The number of rotatable bonds is 5. The van der Waals surface area contributed by atoms with E-state index in [9.17, 15) is 4.79 Å². The zero-order valence-electron chi connectivity index (χ0n) is 22.3. The Morgan fingerprint density at radius 1 is 1.16 bits per heavy atom. The van der Waals surface area contributed by atoms with E-state index < -0.39 is 0 Å². The summed E-state index contributed by atoms with van der Waals surface area (Å²) in [4.78, 5) is 29.2. The number of carbonyl (C=O) groups excluding carboxylic acids is 1. The molecule has 1 spiro atoms. The van der Waals surface area contributed by atoms with Crippen LogP contribution < -0.4 is 9.64 Å². The topological polar surface area (TPSA) is 88.9 Å². The number of anilines is 1. The minimum absolute atomic E-state index is 0.104. The van der Waals surface area contributed by atoms with Crippen LogP contribution >= 0.6 is 15.9 Å². The predicted molar refractivity (Wildman–Crippen MR) is 144 cm³/mol. The molecule has 2 aromatic heterocycles. The Morgan fingerprint density at radius 2 is 2.03 bits per heavy atom. The Hall–Kier alpha value is -2.24. The first-order chi connectivity index (χ1) is 18.4. The molecular formula is C27H36BrN7O3. The van der Waals surface area contributed by atoms with Gasteiger partial charge in [-0.1, -0.05) is 0 Å². The summed E-state index contributed by atoms with van der Waals surface area (Å²) in [5.74, 6) is 0.783. The summed E-state index contributed by atoms with van der Waals surface area (Å²) in [5.41, 5.74) is 4.22. The molecule has 10 nitrogen and oxygen atoms in total. The summed E-state index contributed by atoms with van der Waals surface area (Å²) in [6, 6.07) is 0.485. The molecule has 38 heavy (non-hydrogen) atoms. The molecule has 1 unspecified atom stereocenters. The summed E-state index contributed by atoms with van der Waals surface area (Å²) < 4.78 is 15.1. The van der Waals surface area contributed by atoms with E-state index in [1.54, 1.807) is 19.0 Å². The zero-order valence-corrected chi connectivity index (χ0v) is 23.9. The number of fused-ring (bicyclic) bond motifs is 3. The van der Waals surface area contributed by atoms with E-state index in [4.69, 9.17) is 19.4 Å². The van der Waals surface area contributed by atoms with Crippen LogP contribution in [-0.2, 0) is 30.9 Å². The molecule has 2 aromatic rings. The lowest BCUT2D eigenvalue weighted by Crippen LogP contribution is -2.43. The first kappa shape index (κ1) is 24.8. The van der Waals surface area contributed by atoms with Crippen molar-refractivity contribution < 1.29 is 14.3 Å². The fourth-order valence-electron chi connectivity index (χ4n) is 7.06. The molecule has 0 aromatic carbocycles. The predicted octanol–water partition coefficient (Wildman–Crippen LogP) is 3.02. The Balaban J connectivity index is 1.18. The second-order valence-electron chi connectivity index (χ2n) is 12.1. The molecule has 0 radical (unpaired) electrons. The number of ether oxygens (including phenoxy) is 2. The molecular weight excluding hydrogens is 550 g/mol. The van der Waals surface area contributed by atoms with Crippen LogP contribution in [-0.4, -0.2) is 87.9 Å². The van der Waals surface area contributed by atoms with Crippen molar-refractivity contribution in [3.05, 3.63) is 27.1 Å². The number of amides is 1. The fraction of sp³-hybridized carbons (Fsp3) is 0.704. The van der Waals surface area contributed by atoms with Gasteiger partial charge >= 0.3 is 6.01 Å². The highest BCUT2D eigenvalue weighted by Gasteiger charge is 2.60. The summed E-state index contributed by atoms with van der Waals surface area (Å²) >= 11 is 3.69. The number of aromatic nitrogens is 4. The van der Waals surface area contributed by atoms with Crippen molar-refractivity contribution in [2.45, 2.75) is 70.2 Å². The van der Waals surface area contributed by atoms with Gasteiger partial charge in [0.05, 0.1) is 41.2 Å². The Morgan fingerprint density at radius 3 is 2.84 bits per heavy atom. The molecule has 204 valence electrons. The zero-order chi connectivity index (χ0) is 26.1. The summed E-state index contributed by atoms with van der Waals surface area (Å²) in [5, 5.41) is 4.65. The molecule has 1 saturated carbocycles. The van der Waals surface area contributed by atoms with Crippen LogP contribution in [0.1, 0.15) is 66.0 Å². The minimum Gasteiger partial charge on any atom is -0.461 e. The van der Waals surface area contributed by atoms with E-state index in [-0.39, 0.29) is 11.4 Å². The normalized spacial score (nSPS) is 25.6. The van der Waals surface area contributed by atoms with Crippen LogP contribution in [0.4, 0.5) is 5.82 Å². The molecule has 0 bridgehead atoms. The van der Waals surface area contributed by atoms with Crippen molar-refractivity contribution in [3.63, 3.8) is 0 Å². The molecule has 4 aliphatic heterocycles.